The molecule has 0 aromatic heterocycles. The second-order valence-corrected chi connectivity index (χ2v) is 10.5. The number of benzene rings is 4. The van der Waals surface area contributed by atoms with Crippen molar-refractivity contribution in [2.75, 3.05) is 37.7 Å². The largest absolute Gasteiger partial charge is 0.496 e. The van der Waals surface area contributed by atoms with Crippen molar-refractivity contribution in [2.45, 2.75) is 4.90 Å². The molecule has 47 heavy (non-hydrogen) atoms. The SMILES string of the molecule is COc1cc(OC)c(OC)cc1/C=C(\NC(=O)c1ccccc1)C(=O)Nc1ccc(SCC(=O)Nc2c(F)c(F)cc(F)c2F)cc1. The molecule has 4 aromatic rings. The number of carbonyl (C=O) groups excluding carboxylic acids is 3. The van der Waals surface area contributed by atoms with Gasteiger partial charge >= 0.3 is 0 Å². The Morgan fingerprint density at radius 1 is 0.745 bits per heavy atom. The van der Waals surface area contributed by atoms with Gasteiger partial charge in [0.1, 0.15) is 17.1 Å². The number of methoxy groups -OCH3 is 3. The Balaban J connectivity index is 1.50. The van der Waals surface area contributed by atoms with Crippen LogP contribution in [0.5, 0.6) is 17.2 Å². The molecule has 0 atom stereocenters. The highest BCUT2D eigenvalue weighted by Gasteiger charge is 2.21. The van der Waals surface area contributed by atoms with Crippen LogP contribution < -0.4 is 30.2 Å². The number of amides is 3. The van der Waals surface area contributed by atoms with Crippen molar-refractivity contribution in [1.82, 2.24) is 5.32 Å². The van der Waals surface area contributed by atoms with E-state index in [-0.39, 0.29) is 17.5 Å². The van der Waals surface area contributed by atoms with E-state index in [0.29, 0.717) is 39.0 Å². The number of hydrogen-bond donors (Lipinski definition) is 3. The summed E-state index contributed by atoms with van der Waals surface area (Å²) in [5.74, 6) is -8.16. The van der Waals surface area contributed by atoms with Crippen molar-refractivity contribution in [3.63, 3.8) is 0 Å². The second-order valence-electron chi connectivity index (χ2n) is 9.49. The first kappa shape index (κ1) is 34.4. The molecule has 3 N–H and O–H groups in total. The maximum absolute atomic E-state index is 13.9. The lowest BCUT2D eigenvalue weighted by Gasteiger charge is -2.15. The monoisotopic (exact) mass is 669 g/mol. The first-order valence-corrected chi connectivity index (χ1v) is 14.6. The maximum atomic E-state index is 13.9. The van der Waals surface area contributed by atoms with Gasteiger partial charge in [-0.15, -0.1) is 11.8 Å². The van der Waals surface area contributed by atoms with Crippen molar-refractivity contribution in [2.24, 2.45) is 0 Å². The van der Waals surface area contributed by atoms with Crippen LogP contribution in [0, 0.1) is 23.3 Å². The minimum atomic E-state index is -1.72. The molecule has 0 saturated carbocycles. The normalized spacial score (nSPS) is 11.0. The summed E-state index contributed by atoms with van der Waals surface area (Å²) in [5.41, 5.74) is -0.325. The zero-order chi connectivity index (χ0) is 34.1. The Morgan fingerprint density at radius 3 is 1.94 bits per heavy atom. The van der Waals surface area contributed by atoms with Crippen molar-refractivity contribution >= 4 is 46.9 Å². The number of rotatable bonds is 12. The quantitative estimate of drug-likeness (QED) is 0.0692. The summed E-state index contributed by atoms with van der Waals surface area (Å²) in [6, 6.07) is 17.6. The van der Waals surface area contributed by atoms with Crippen LogP contribution in [0.4, 0.5) is 28.9 Å². The summed E-state index contributed by atoms with van der Waals surface area (Å²) in [7, 11) is 4.34. The van der Waals surface area contributed by atoms with Crippen molar-refractivity contribution in [1.29, 1.82) is 0 Å². The number of halogens is 4. The van der Waals surface area contributed by atoms with Crippen LogP contribution in [0.3, 0.4) is 0 Å². The molecular weight excluding hydrogens is 642 g/mol. The van der Waals surface area contributed by atoms with Crippen LogP contribution in [0.25, 0.3) is 6.08 Å². The van der Waals surface area contributed by atoms with Crippen molar-refractivity contribution in [3.8, 4) is 17.2 Å². The fraction of sp³-hybridized carbons (Fsp3) is 0.121. The Hall–Kier alpha value is -5.50. The third-order valence-corrected chi connectivity index (χ3v) is 7.43. The molecule has 9 nitrogen and oxygen atoms in total. The Morgan fingerprint density at radius 2 is 1.34 bits per heavy atom. The van der Waals surface area contributed by atoms with E-state index in [0.717, 1.165) is 11.8 Å². The van der Waals surface area contributed by atoms with Gasteiger partial charge in [-0.05, 0) is 48.5 Å². The van der Waals surface area contributed by atoms with E-state index in [9.17, 15) is 31.9 Å². The van der Waals surface area contributed by atoms with E-state index in [1.165, 1.54) is 39.5 Å². The molecule has 0 radical (unpaired) electrons. The lowest BCUT2D eigenvalue weighted by molar-refractivity contribution is -0.114. The standard InChI is InChI=1S/C33H27F4N3O6S/c1-44-25-16-27(46-3)26(45-2)14-19(25)13-24(39-32(42)18-7-5-4-6-8-18)33(43)38-20-9-11-21(12-10-20)47-17-28(41)40-31-29(36)22(34)15-23(35)30(31)37/h4-16H,17H2,1-3H3,(H,38,43)(H,39,42)(H,40,41)/b24-13-. The molecule has 0 spiro atoms. The summed E-state index contributed by atoms with van der Waals surface area (Å²) in [4.78, 5) is 39.2. The van der Waals surface area contributed by atoms with Crippen LogP contribution in [0.15, 0.2) is 83.4 Å². The molecule has 4 aromatic carbocycles. The molecule has 0 aliphatic heterocycles. The van der Waals surface area contributed by atoms with Gasteiger partial charge < -0.3 is 30.2 Å². The molecule has 0 fully saturated rings. The topological polar surface area (TPSA) is 115 Å². The molecule has 4 rings (SSSR count). The molecule has 0 unspecified atom stereocenters. The number of hydrogen-bond acceptors (Lipinski definition) is 7. The molecule has 0 saturated heterocycles. The van der Waals surface area contributed by atoms with Crippen LogP contribution in [-0.2, 0) is 9.59 Å². The van der Waals surface area contributed by atoms with Gasteiger partial charge in [0.15, 0.2) is 34.8 Å². The van der Waals surface area contributed by atoms with Crippen molar-refractivity contribution < 1.29 is 46.2 Å². The highest BCUT2D eigenvalue weighted by Crippen LogP contribution is 2.36. The van der Waals surface area contributed by atoms with Gasteiger partial charge in [-0.1, -0.05) is 18.2 Å². The third kappa shape index (κ3) is 8.61. The van der Waals surface area contributed by atoms with Crippen LogP contribution in [0.2, 0.25) is 0 Å². The fourth-order valence-corrected chi connectivity index (χ4v) is 4.80. The third-order valence-electron chi connectivity index (χ3n) is 6.42. The zero-order valence-electron chi connectivity index (χ0n) is 25.1. The Labute approximate surface area is 270 Å². The predicted molar refractivity (Wildman–Crippen MR) is 169 cm³/mol. The lowest BCUT2D eigenvalue weighted by atomic mass is 10.1. The average molecular weight is 670 g/mol. The van der Waals surface area contributed by atoms with Gasteiger partial charge in [0.25, 0.3) is 11.8 Å². The number of nitrogens with one attached hydrogen (secondary N) is 3. The predicted octanol–water partition coefficient (Wildman–Crippen LogP) is 6.41. The fourth-order valence-electron chi connectivity index (χ4n) is 4.10. The minimum Gasteiger partial charge on any atom is -0.496 e. The summed E-state index contributed by atoms with van der Waals surface area (Å²) >= 11 is 0.959. The molecule has 0 aliphatic rings. The van der Waals surface area contributed by atoms with Gasteiger partial charge in [0.05, 0.1) is 27.1 Å². The summed E-state index contributed by atoms with van der Waals surface area (Å²) in [6.07, 6.45) is 1.41. The first-order chi connectivity index (χ1) is 22.5. The highest BCUT2D eigenvalue weighted by molar-refractivity contribution is 8.00. The van der Waals surface area contributed by atoms with Gasteiger partial charge in [0, 0.05) is 33.8 Å². The molecule has 14 heteroatoms. The van der Waals surface area contributed by atoms with Crippen LogP contribution in [-0.4, -0.2) is 44.8 Å². The molecule has 244 valence electrons. The summed E-state index contributed by atoms with van der Waals surface area (Å²) in [5, 5.41) is 7.16. The van der Waals surface area contributed by atoms with E-state index in [1.807, 2.05) is 5.32 Å². The van der Waals surface area contributed by atoms with E-state index in [1.54, 1.807) is 54.6 Å². The first-order valence-electron chi connectivity index (χ1n) is 13.6. The molecule has 0 aliphatic carbocycles. The van der Waals surface area contributed by atoms with Gasteiger partial charge in [-0.25, -0.2) is 17.6 Å². The van der Waals surface area contributed by atoms with Crippen LogP contribution >= 0.6 is 11.8 Å². The van der Waals surface area contributed by atoms with E-state index in [2.05, 4.69) is 10.6 Å². The van der Waals surface area contributed by atoms with Gasteiger partial charge in [-0.2, -0.15) is 0 Å². The highest BCUT2D eigenvalue weighted by atomic mass is 32.2. The summed E-state index contributed by atoms with van der Waals surface area (Å²) < 4.78 is 70.8. The number of thioether (sulfide) groups is 1. The van der Waals surface area contributed by atoms with Gasteiger partial charge in [-0.3, -0.25) is 14.4 Å². The molecular formula is C33H27F4N3O6S. The van der Waals surface area contributed by atoms with E-state index < -0.39 is 46.7 Å². The Kier molecular flexibility index (Phi) is 11.5. The van der Waals surface area contributed by atoms with Gasteiger partial charge in [0.2, 0.25) is 5.91 Å². The van der Waals surface area contributed by atoms with Crippen molar-refractivity contribution in [3.05, 3.63) is 113 Å². The zero-order valence-corrected chi connectivity index (χ0v) is 25.9. The number of anilines is 2. The van der Waals surface area contributed by atoms with Crippen LogP contribution in [0.1, 0.15) is 15.9 Å². The van der Waals surface area contributed by atoms with E-state index in [4.69, 9.17) is 14.2 Å². The number of carbonyl (C=O) groups is 3. The Bertz CT molecular complexity index is 1800. The minimum absolute atomic E-state index is 0.0401. The number of ether oxygens (including phenoxy) is 3. The van der Waals surface area contributed by atoms with E-state index >= 15 is 0 Å². The second kappa shape index (κ2) is 15.7. The lowest BCUT2D eigenvalue weighted by Crippen LogP contribution is -2.30. The molecule has 0 bridgehead atoms. The maximum Gasteiger partial charge on any atom is 0.272 e. The smallest absolute Gasteiger partial charge is 0.272 e. The average Bonchev–Trinajstić information content (AvgIpc) is 3.08. The molecule has 0 heterocycles. The summed E-state index contributed by atoms with van der Waals surface area (Å²) in [6.45, 7) is 0. The molecule has 3 amide bonds.